The molecule has 0 saturated heterocycles. The van der Waals surface area contributed by atoms with Crippen LogP contribution in [-0.2, 0) is 0 Å². The molecule has 1 heterocycles. The van der Waals surface area contributed by atoms with Gasteiger partial charge in [-0.1, -0.05) is 127 Å². The van der Waals surface area contributed by atoms with Gasteiger partial charge in [0, 0.05) is 33.4 Å². The van der Waals surface area contributed by atoms with Crippen LogP contribution in [0.3, 0.4) is 0 Å². The zero-order valence-electron chi connectivity index (χ0n) is 25.1. The van der Waals surface area contributed by atoms with Crippen molar-refractivity contribution in [1.82, 2.24) is 0 Å². The van der Waals surface area contributed by atoms with E-state index in [9.17, 15) is 0 Å². The van der Waals surface area contributed by atoms with Gasteiger partial charge < -0.3 is 9.32 Å². The van der Waals surface area contributed by atoms with E-state index in [1.54, 1.807) is 0 Å². The van der Waals surface area contributed by atoms with E-state index in [-0.39, 0.29) is 0 Å². The standard InChI is InChI=1S/C44H29NO/c1-3-8-30(9-4-1)32-16-23-37(24-17-32)45(38-25-18-33(19-26-38)31-10-5-2-6-11-31)39-27-20-34(21-28-39)40-29-22-36-15-14-35-12-7-13-41-42(35)43(36)44(40)46-41/h1-29H. The minimum absolute atomic E-state index is 0.936. The monoisotopic (exact) mass is 587 g/mol. The fraction of sp³-hybridized carbons (Fsp3) is 0. The predicted molar refractivity (Wildman–Crippen MR) is 193 cm³/mol. The molecule has 0 spiro atoms. The largest absolute Gasteiger partial charge is 0.455 e. The van der Waals surface area contributed by atoms with Crippen molar-refractivity contribution in [3.63, 3.8) is 0 Å². The number of hydrogen-bond acceptors (Lipinski definition) is 2. The van der Waals surface area contributed by atoms with E-state index in [1.807, 2.05) is 0 Å². The Bertz CT molecular complexity index is 2340. The molecular weight excluding hydrogens is 558 g/mol. The van der Waals surface area contributed by atoms with Gasteiger partial charge in [0.2, 0.25) is 0 Å². The lowest BCUT2D eigenvalue weighted by atomic mass is 9.97. The van der Waals surface area contributed by atoms with Crippen LogP contribution in [0.2, 0.25) is 0 Å². The third kappa shape index (κ3) is 4.43. The summed E-state index contributed by atoms with van der Waals surface area (Å²) < 4.78 is 6.50. The molecule has 0 aliphatic carbocycles. The van der Waals surface area contributed by atoms with Crippen LogP contribution < -0.4 is 4.90 Å². The zero-order chi connectivity index (χ0) is 30.5. The Kier molecular flexibility index (Phi) is 6.17. The van der Waals surface area contributed by atoms with Crippen molar-refractivity contribution in [2.75, 3.05) is 4.90 Å². The van der Waals surface area contributed by atoms with Crippen LogP contribution in [0.25, 0.3) is 66.1 Å². The Morgan fingerprint density at radius 2 is 0.783 bits per heavy atom. The normalized spacial score (nSPS) is 11.5. The summed E-state index contributed by atoms with van der Waals surface area (Å²) in [4.78, 5) is 2.32. The Hall–Kier alpha value is -6.12. The molecule has 0 saturated carbocycles. The molecule has 1 aromatic heterocycles. The molecule has 0 N–H and O–H groups in total. The van der Waals surface area contributed by atoms with Gasteiger partial charge in [0.05, 0.1) is 0 Å². The van der Waals surface area contributed by atoms with Crippen LogP contribution in [0.15, 0.2) is 180 Å². The van der Waals surface area contributed by atoms with E-state index >= 15 is 0 Å². The highest BCUT2D eigenvalue weighted by molar-refractivity contribution is 6.24. The molecular formula is C44H29NO. The second-order valence-corrected chi connectivity index (χ2v) is 11.8. The highest BCUT2D eigenvalue weighted by Crippen LogP contribution is 2.43. The van der Waals surface area contributed by atoms with Crippen molar-refractivity contribution in [3.8, 4) is 33.4 Å². The molecule has 0 aliphatic rings. The van der Waals surface area contributed by atoms with Gasteiger partial charge in [-0.3, -0.25) is 0 Å². The molecule has 0 amide bonds. The number of anilines is 3. The molecule has 8 aromatic carbocycles. The lowest BCUT2D eigenvalue weighted by Gasteiger charge is -2.26. The van der Waals surface area contributed by atoms with Gasteiger partial charge >= 0.3 is 0 Å². The third-order valence-electron chi connectivity index (χ3n) is 9.05. The molecule has 0 radical (unpaired) electrons. The third-order valence-corrected chi connectivity index (χ3v) is 9.05. The summed E-state index contributed by atoms with van der Waals surface area (Å²) in [6.07, 6.45) is 0. The lowest BCUT2D eigenvalue weighted by molar-refractivity contribution is 0.670. The van der Waals surface area contributed by atoms with E-state index in [0.717, 1.165) is 39.4 Å². The molecule has 0 fully saturated rings. The topological polar surface area (TPSA) is 16.4 Å². The smallest absolute Gasteiger partial charge is 0.143 e. The van der Waals surface area contributed by atoms with Crippen molar-refractivity contribution in [1.29, 1.82) is 0 Å². The molecule has 9 rings (SSSR count). The lowest BCUT2D eigenvalue weighted by Crippen LogP contribution is -2.09. The molecule has 0 bridgehead atoms. The zero-order valence-corrected chi connectivity index (χ0v) is 25.1. The van der Waals surface area contributed by atoms with E-state index in [0.29, 0.717) is 0 Å². The fourth-order valence-corrected chi connectivity index (χ4v) is 6.76. The van der Waals surface area contributed by atoms with E-state index in [1.165, 1.54) is 43.8 Å². The molecule has 0 aliphatic heterocycles. The van der Waals surface area contributed by atoms with E-state index in [2.05, 4.69) is 181 Å². The first kappa shape index (κ1) is 26.3. The Morgan fingerprint density at radius 3 is 1.33 bits per heavy atom. The van der Waals surface area contributed by atoms with Crippen molar-refractivity contribution in [2.24, 2.45) is 0 Å². The van der Waals surface area contributed by atoms with Gasteiger partial charge in [0.1, 0.15) is 11.2 Å². The summed E-state index contributed by atoms with van der Waals surface area (Å²) in [5.41, 5.74) is 12.2. The molecule has 0 unspecified atom stereocenters. The van der Waals surface area contributed by atoms with Gasteiger partial charge in [-0.15, -0.1) is 0 Å². The second kappa shape index (κ2) is 10.8. The highest BCUT2D eigenvalue weighted by Gasteiger charge is 2.18. The minimum Gasteiger partial charge on any atom is -0.455 e. The summed E-state index contributed by atoms with van der Waals surface area (Å²) >= 11 is 0. The summed E-state index contributed by atoms with van der Waals surface area (Å²) in [7, 11) is 0. The van der Waals surface area contributed by atoms with Crippen molar-refractivity contribution < 1.29 is 4.42 Å². The van der Waals surface area contributed by atoms with E-state index in [4.69, 9.17) is 4.42 Å². The van der Waals surface area contributed by atoms with Gasteiger partial charge in [0.15, 0.2) is 0 Å². The highest BCUT2D eigenvalue weighted by atomic mass is 16.3. The molecule has 2 heteroatoms. The van der Waals surface area contributed by atoms with Crippen molar-refractivity contribution in [3.05, 3.63) is 176 Å². The number of nitrogens with zero attached hydrogens (tertiary/aromatic N) is 1. The number of hydrogen-bond donors (Lipinski definition) is 0. The molecule has 0 atom stereocenters. The summed E-state index contributed by atoms with van der Waals surface area (Å²) in [5, 5.41) is 4.83. The maximum absolute atomic E-state index is 6.50. The van der Waals surface area contributed by atoms with Crippen LogP contribution in [0.4, 0.5) is 17.1 Å². The van der Waals surface area contributed by atoms with Crippen LogP contribution in [0.1, 0.15) is 0 Å². The average Bonchev–Trinajstić information content (AvgIpc) is 3.54. The molecule has 2 nitrogen and oxygen atoms in total. The van der Waals surface area contributed by atoms with Gasteiger partial charge in [-0.05, 0) is 87.1 Å². The molecule has 46 heavy (non-hydrogen) atoms. The van der Waals surface area contributed by atoms with Crippen LogP contribution in [0.5, 0.6) is 0 Å². The first-order valence-electron chi connectivity index (χ1n) is 15.7. The van der Waals surface area contributed by atoms with Crippen molar-refractivity contribution >= 4 is 49.8 Å². The number of rotatable bonds is 6. The quantitative estimate of drug-likeness (QED) is 0.180. The molecule has 9 aromatic rings. The predicted octanol–water partition coefficient (Wildman–Crippen LogP) is 12.6. The van der Waals surface area contributed by atoms with Gasteiger partial charge in [-0.2, -0.15) is 0 Å². The first-order valence-corrected chi connectivity index (χ1v) is 15.7. The Morgan fingerprint density at radius 1 is 0.326 bits per heavy atom. The van der Waals surface area contributed by atoms with Crippen molar-refractivity contribution in [2.45, 2.75) is 0 Å². The Balaban J connectivity index is 1.13. The fourth-order valence-electron chi connectivity index (χ4n) is 6.76. The second-order valence-electron chi connectivity index (χ2n) is 11.8. The summed E-state index contributed by atoms with van der Waals surface area (Å²) in [6, 6.07) is 62.6. The Labute approximate surface area is 267 Å². The maximum Gasteiger partial charge on any atom is 0.143 e. The number of furan rings is 1. The average molecular weight is 588 g/mol. The number of benzene rings is 8. The maximum atomic E-state index is 6.50. The summed E-state index contributed by atoms with van der Waals surface area (Å²) in [6.45, 7) is 0. The SMILES string of the molecule is c1ccc(-c2ccc(N(c3ccc(-c4ccccc4)cc3)c3ccc(-c4ccc5ccc6cccc7oc4c5c67)cc3)cc2)cc1. The summed E-state index contributed by atoms with van der Waals surface area (Å²) in [5.74, 6) is 0. The molecule has 216 valence electrons. The van der Waals surface area contributed by atoms with Crippen LogP contribution in [-0.4, -0.2) is 0 Å². The van der Waals surface area contributed by atoms with Crippen LogP contribution >= 0.6 is 0 Å². The van der Waals surface area contributed by atoms with Crippen LogP contribution in [0, 0.1) is 0 Å². The van der Waals surface area contributed by atoms with E-state index < -0.39 is 0 Å². The van der Waals surface area contributed by atoms with Gasteiger partial charge in [-0.25, -0.2) is 0 Å². The minimum atomic E-state index is 0.936. The van der Waals surface area contributed by atoms with Gasteiger partial charge in [0.25, 0.3) is 0 Å². The first-order chi connectivity index (χ1) is 22.8.